The number of benzene rings is 1. The molecule has 0 bridgehead atoms. The molecule has 0 aliphatic heterocycles. The lowest BCUT2D eigenvalue weighted by Gasteiger charge is -2.00. The van der Waals surface area contributed by atoms with Crippen LogP contribution < -0.4 is 5.32 Å². The molecule has 1 aromatic carbocycles. The van der Waals surface area contributed by atoms with E-state index in [0.717, 1.165) is 34.0 Å². The molecule has 18 heavy (non-hydrogen) atoms. The fourth-order valence-electron chi connectivity index (χ4n) is 1.50. The number of hydrogen-bond donors (Lipinski definition) is 1. The van der Waals surface area contributed by atoms with Crippen LogP contribution in [0.5, 0.6) is 0 Å². The van der Waals surface area contributed by atoms with Crippen molar-refractivity contribution in [1.29, 1.82) is 0 Å². The Balaban J connectivity index is 2.16. The van der Waals surface area contributed by atoms with Gasteiger partial charge >= 0.3 is 0 Å². The standard InChI is InChI=1S/C12H13Br2N3O/c1-2-15-6-5-11-16-17-12(18-11)9-7-8(13)3-4-10(9)14/h3-4,7,15H,2,5-6H2,1H3. The third-order valence-corrected chi connectivity index (χ3v) is 3.58. The maximum absolute atomic E-state index is 5.64. The molecule has 1 aromatic heterocycles. The highest BCUT2D eigenvalue weighted by molar-refractivity contribution is 9.11. The molecular weight excluding hydrogens is 362 g/mol. The minimum atomic E-state index is 0.537. The van der Waals surface area contributed by atoms with Gasteiger partial charge in [0.05, 0.1) is 5.56 Å². The number of hydrogen-bond acceptors (Lipinski definition) is 4. The smallest absolute Gasteiger partial charge is 0.248 e. The summed E-state index contributed by atoms with van der Waals surface area (Å²) in [5.74, 6) is 1.19. The first-order valence-corrected chi connectivity index (χ1v) is 7.28. The van der Waals surface area contributed by atoms with Crippen molar-refractivity contribution in [2.75, 3.05) is 13.1 Å². The zero-order chi connectivity index (χ0) is 13.0. The highest BCUT2D eigenvalue weighted by atomic mass is 79.9. The number of nitrogens with one attached hydrogen (secondary N) is 1. The Bertz CT molecular complexity index is 528. The molecule has 0 aliphatic rings. The van der Waals surface area contributed by atoms with Gasteiger partial charge in [0.1, 0.15) is 0 Å². The van der Waals surface area contributed by atoms with E-state index in [2.05, 4.69) is 54.3 Å². The zero-order valence-corrected chi connectivity index (χ0v) is 13.1. The minimum absolute atomic E-state index is 0.537. The van der Waals surface area contributed by atoms with E-state index in [-0.39, 0.29) is 0 Å². The van der Waals surface area contributed by atoms with Crippen LogP contribution in [0, 0.1) is 0 Å². The van der Waals surface area contributed by atoms with Gasteiger partial charge in [-0.2, -0.15) is 0 Å². The Morgan fingerprint density at radius 1 is 1.28 bits per heavy atom. The van der Waals surface area contributed by atoms with Gasteiger partial charge in [0.25, 0.3) is 0 Å². The quantitative estimate of drug-likeness (QED) is 0.814. The van der Waals surface area contributed by atoms with Crippen molar-refractivity contribution in [2.45, 2.75) is 13.3 Å². The third kappa shape index (κ3) is 3.40. The van der Waals surface area contributed by atoms with E-state index in [9.17, 15) is 0 Å². The van der Waals surface area contributed by atoms with Crippen LogP contribution in [0.4, 0.5) is 0 Å². The molecule has 0 fully saturated rings. The monoisotopic (exact) mass is 373 g/mol. The SMILES string of the molecule is CCNCCc1nnc(-c2cc(Br)ccc2Br)o1. The molecule has 0 saturated carbocycles. The van der Waals surface area contributed by atoms with Gasteiger partial charge in [-0.1, -0.05) is 22.9 Å². The predicted molar refractivity (Wildman–Crippen MR) is 77.4 cm³/mol. The van der Waals surface area contributed by atoms with Gasteiger partial charge in [-0.15, -0.1) is 10.2 Å². The molecule has 0 radical (unpaired) electrons. The Kier molecular flexibility index (Phi) is 4.91. The second-order valence-corrected chi connectivity index (χ2v) is 5.50. The summed E-state index contributed by atoms with van der Waals surface area (Å²) in [7, 11) is 0. The van der Waals surface area contributed by atoms with Crippen molar-refractivity contribution in [2.24, 2.45) is 0 Å². The van der Waals surface area contributed by atoms with E-state index in [1.165, 1.54) is 0 Å². The summed E-state index contributed by atoms with van der Waals surface area (Å²) in [6, 6.07) is 5.85. The molecule has 0 saturated heterocycles. The first-order chi connectivity index (χ1) is 8.70. The number of likely N-dealkylation sites (N-methyl/N-ethyl adjacent to an activating group) is 1. The lowest BCUT2D eigenvalue weighted by atomic mass is 10.2. The van der Waals surface area contributed by atoms with Gasteiger partial charge in [0, 0.05) is 21.9 Å². The summed E-state index contributed by atoms with van der Waals surface area (Å²) in [6.07, 6.45) is 0.743. The Morgan fingerprint density at radius 3 is 2.89 bits per heavy atom. The van der Waals surface area contributed by atoms with E-state index in [0.29, 0.717) is 11.8 Å². The lowest BCUT2D eigenvalue weighted by molar-refractivity contribution is 0.496. The van der Waals surface area contributed by atoms with E-state index in [1.54, 1.807) is 0 Å². The van der Waals surface area contributed by atoms with Crippen LogP contribution >= 0.6 is 31.9 Å². The van der Waals surface area contributed by atoms with Crippen LogP contribution in [0.25, 0.3) is 11.5 Å². The van der Waals surface area contributed by atoms with Gasteiger partial charge in [0.2, 0.25) is 11.8 Å². The molecule has 4 nitrogen and oxygen atoms in total. The molecule has 0 aliphatic carbocycles. The zero-order valence-electron chi connectivity index (χ0n) is 9.91. The molecular formula is C12H13Br2N3O. The largest absolute Gasteiger partial charge is 0.421 e. The van der Waals surface area contributed by atoms with Crippen molar-refractivity contribution < 1.29 is 4.42 Å². The summed E-state index contributed by atoms with van der Waals surface area (Å²) in [5.41, 5.74) is 0.895. The van der Waals surface area contributed by atoms with Crippen molar-refractivity contribution in [3.8, 4) is 11.5 Å². The summed E-state index contributed by atoms with van der Waals surface area (Å²) in [6.45, 7) is 3.85. The number of aromatic nitrogens is 2. The Morgan fingerprint density at radius 2 is 2.11 bits per heavy atom. The normalized spacial score (nSPS) is 10.8. The molecule has 1 N–H and O–H groups in total. The van der Waals surface area contributed by atoms with E-state index < -0.39 is 0 Å². The van der Waals surface area contributed by atoms with Crippen molar-refractivity contribution in [3.63, 3.8) is 0 Å². The maximum atomic E-state index is 5.64. The van der Waals surface area contributed by atoms with Crippen molar-refractivity contribution in [1.82, 2.24) is 15.5 Å². The fraction of sp³-hybridized carbons (Fsp3) is 0.333. The summed E-state index contributed by atoms with van der Waals surface area (Å²) >= 11 is 6.91. The predicted octanol–water partition coefficient (Wildman–Crippen LogP) is 3.41. The van der Waals surface area contributed by atoms with Gasteiger partial charge in [-0.3, -0.25) is 0 Å². The molecule has 96 valence electrons. The molecule has 6 heteroatoms. The molecule has 1 heterocycles. The summed E-state index contributed by atoms with van der Waals surface area (Å²) in [4.78, 5) is 0. The second-order valence-electron chi connectivity index (χ2n) is 3.73. The number of halogens is 2. The first-order valence-electron chi connectivity index (χ1n) is 5.69. The van der Waals surface area contributed by atoms with Crippen molar-refractivity contribution in [3.05, 3.63) is 33.0 Å². The van der Waals surface area contributed by atoms with Crippen molar-refractivity contribution >= 4 is 31.9 Å². The topological polar surface area (TPSA) is 51.0 Å². The Hall–Kier alpha value is -0.720. The van der Waals surface area contributed by atoms with Gasteiger partial charge < -0.3 is 9.73 Å². The van der Waals surface area contributed by atoms with Gasteiger partial charge in [-0.05, 0) is 40.7 Å². The minimum Gasteiger partial charge on any atom is -0.421 e. The van der Waals surface area contributed by atoms with Gasteiger partial charge in [0.15, 0.2) is 0 Å². The van der Waals surface area contributed by atoms with Crippen LogP contribution in [-0.2, 0) is 6.42 Å². The average Bonchev–Trinajstić information content (AvgIpc) is 2.81. The van der Waals surface area contributed by atoms with Crippen LogP contribution in [-0.4, -0.2) is 23.3 Å². The van der Waals surface area contributed by atoms with E-state index in [1.807, 2.05) is 18.2 Å². The van der Waals surface area contributed by atoms with Crippen LogP contribution in [0.2, 0.25) is 0 Å². The molecule has 0 amide bonds. The van der Waals surface area contributed by atoms with Crippen LogP contribution in [0.15, 0.2) is 31.6 Å². The highest BCUT2D eigenvalue weighted by Crippen LogP contribution is 2.30. The number of rotatable bonds is 5. The molecule has 2 aromatic rings. The fourth-order valence-corrected chi connectivity index (χ4v) is 2.27. The van der Waals surface area contributed by atoms with Gasteiger partial charge in [-0.25, -0.2) is 0 Å². The molecule has 0 unspecified atom stereocenters. The second kappa shape index (κ2) is 6.45. The lowest BCUT2D eigenvalue weighted by Crippen LogP contribution is -2.16. The van der Waals surface area contributed by atoms with E-state index in [4.69, 9.17) is 4.42 Å². The van der Waals surface area contributed by atoms with E-state index >= 15 is 0 Å². The van der Waals surface area contributed by atoms with Crippen LogP contribution in [0.3, 0.4) is 0 Å². The first kappa shape index (κ1) is 13.7. The molecule has 0 atom stereocenters. The molecule has 0 spiro atoms. The summed E-state index contributed by atoms with van der Waals surface area (Å²) in [5, 5.41) is 11.3. The van der Waals surface area contributed by atoms with Crippen LogP contribution in [0.1, 0.15) is 12.8 Å². The summed E-state index contributed by atoms with van der Waals surface area (Å²) < 4.78 is 7.56. The average molecular weight is 375 g/mol. The molecule has 2 rings (SSSR count). The maximum Gasteiger partial charge on any atom is 0.248 e. The number of nitrogens with zero attached hydrogens (tertiary/aromatic N) is 2. The highest BCUT2D eigenvalue weighted by Gasteiger charge is 2.11. The Labute approximate surface area is 122 Å². The third-order valence-electron chi connectivity index (χ3n) is 2.39.